The number of fused-ring (bicyclic) bond motifs is 2. The number of anilines is 1. The Morgan fingerprint density at radius 2 is 2.06 bits per heavy atom. The van der Waals surface area contributed by atoms with Crippen LogP contribution in [0.25, 0.3) is 11.3 Å². The largest absolute Gasteiger partial charge is 0.507 e. The molecule has 10 heteroatoms. The Kier molecular flexibility index (Phi) is 6.00. The maximum atomic E-state index is 15.5. The molecule has 1 N–H and O–H groups in total. The Labute approximate surface area is 194 Å². The highest BCUT2D eigenvalue weighted by atomic mass is 79.9. The number of aromatic hydroxyl groups is 1. The Bertz CT molecular complexity index is 1000. The van der Waals surface area contributed by atoms with Crippen LogP contribution in [0.4, 0.5) is 15.1 Å². The van der Waals surface area contributed by atoms with Gasteiger partial charge in [0.1, 0.15) is 23.2 Å². The van der Waals surface area contributed by atoms with Gasteiger partial charge in [-0.05, 0) is 58.2 Å². The van der Waals surface area contributed by atoms with Gasteiger partial charge in [0.05, 0.1) is 18.3 Å². The number of rotatable bonds is 3. The summed E-state index contributed by atoms with van der Waals surface area (Å²) in [6.07, 6.45) is 1.62. The zero-order valence-corrected chi connectivity index (χ0v) is 20.1. The number of carbonyl (C=O) groups excluding carboxylic acids is 1. The molecule has 4 rings (SSSR count). The van der Waals surface area contributed by atoms with Crippen molar-refractivity contribution in [3.63, 3.8) is 0 Å². The summed E-state index contributed by atoms with van der Waals surface area (Å²) in [7, 11) is 1.74. The molecule has 0 saturated carbocycles. The SMILES string of the molecule is CN(c1ncc(-c2ccc(Br)cc2O)nn1)[C@@H]1CC2CCC([C@@H]1F)N2C(=O)OC(C)(C)C. The molecule has 0 aliphatic carbocycles. The van der Waals surface area contributed by atoms with Crippen LogP contribution in [0.15, 0.2) is 28.9 Å². The number of hydrogen-bond acceptors (Lipinski definition) is 7. The number of aromatic nitrogens is 3. The van der Waals surface area contributed by atoms with Crippen molar-refractivity contribution in [3.05, 3.63) is 28.9 Å². The molecule has 2 unspecified atom stereocenters. The highest BCUT2D eigenvalue weighted by molar-refractivity contribution is 9.10. The van der Waals surface area contributed by atoms with Gasteiger partial charge in [0, 0.05) is 23.1 Å². The maximum Gasteiger partial charge on any atom is 0.410 e. The van der Waals surface area contributed by atoms with Crippen LogP contribution >= 0.6 is 15.9 Å². The van der Waals surface area contributed by atoms with E-state index >= 15 is 4.39 Å². The maximum absolute atomic E-state index is 15.5. The average Bonchev–Trinajstić information content (AvgIpc) is 3.06. The van der Waals surface area contributed by atoms with E-state index in [4.69, 9.17) is 4.74 Å². The normalized spacial score (nSPS) is 25.0. The van der Waals surface area contributed by atoms with Crippen LogP contribution in [-0.2, 0) is 4.74 Å². The van der Waals surface area contributed by atoms with E-state index in [1.165, 1.54) is 6.20 Å². The van der Waals surface area contributed by atoms with Gasteiger partial charge in [0.15, 0.2) is 0 Å². The molecule has 1 aromatic carbocycles. The predicted octanol–water partition coefficient (Wildman–Crippen LogP) is 4.32. The van der Waals surface area contributed by atoms with Crippen LogP contribution in [-0.4, -0.2) is 68.2 Å². The molecule has 3 heterocycles. The number of phenols is 1. The fraction of sp³-hybridized carbons (Fsp3) is 0.545. The Morgan fingerprint density at radius 3 is 2.69 bits per heavy atom. The van der Waals surface area contributed by atoms with Crippen LogP contribution in [0.1, 0.15) is 40.0 Å². The number of piperidine rings is 1. The van der Waals surface area contributed by atoms with Gasteiger partial charge in [-0.25, -0.2) is 14.2 Å². The van der Waals surface area contributed by atoms with Gasteiger partial charge in [-0.15, -0.1) is 10.2 Å². The van der Waals surface area contributed by atoms with Gasteiger partial charge in [-0.2, -0.15) is 0 Å². The van der Waals surface area contributed by atoms with Crippen molar-refractivity contribution in [1.29, 1.82) is 0 Å². The van der Waals surface area contributed by atoms with E-state index in [2.05, 4.69) is 31.1 Å². The lowest BCUT2D eigenvalue weighted by Gasteiger charge is -2.44. The summed E-state index contributed by atoms with van der Waals surface area (Å²) in [5.74, 6) is 0.356. The van der Waals surface area contributed by atoms with Crippen LogP contribution in [0, 0.1) is 0 Å². The summed E-state index contributed by atoms with van der Waals surface area (Å²) in [5, 5.41) is 18.5. The van der Waals surface area contributed by atoms with Crippen LogP contribution in [0.5, 0.6) is 5.75 Å². The molecule has 4 atom stereocenters. The number of carbonyl (C=O) groups is 1. The fourth-order valence-corrected chi connectivity index (χ4v) is 4.87. The van der Waals surface area contributed by atoms with Gasteiger partial charge in [-0.1, -0.05) is 15.9 Å². The van der Waals surface area contributed by atoms with E-state index in [1.807, 2.05) is 20.8 Å². The quantitative estimate of drug-likeness (QED) is 0.660. The molecule has 1 aromatic heterocycles. The first-order valence-electron chi connectivity index (χ1n) is 10.6. The average molecular weight is 508 g/mol. The first kappa shape index (κ1) is 22.7. The molecule has 0 spiro atoms. The second-order valence-electron chi connectivity index (χ2n) is 9.35. The van der Waals surface area contributed by atoms with E-state index in [0.29, 0.717) is 30.0 Å². The number of ether oxygens (including phenoxy) is 1. The zero-order chi connectivity index (χ0) is 23.2. The Hall–Kier alpha value is -2.49. The molecule has 2 bridgehead atoms. The molecule has 2 fully saturated rings. The zero-order valence-electron chi connectivity index (χ0n) is 18.5. The lowest BCUT2D eigenvalue weighted by atomic mass is 9.94. The van der Waals surface area contributed by atoms with E-state index < -0.39 is 29.9 Å². The summed E-state index contributed by atoms with van der Waals surface area (Å²) < 4.78 is 21.8. The molecule has 2 aromatic rings. The first-order chi connectivity index (χ1) is 15.0. The summed E-state index contributed by atoms with van der Waals surface area (Å²) >= 11 is 3.30. The third-order valence-corrected chi connectivity index (χ3v) is 6.49. The number of nitrogens with zero attached hydrogens (tertiary/aromatic N) is 5. The fourth-order valence-electron chi connectivity index (χ4n) is 4.52. The molecule has 1 amide bonds. The number of phenolic OH excluding ortho intramolecular Hbond substituents is 1. The van der Waals surface area contributed by atoms with E-state index in [9.17, 15) is 9.90 Å². The molecular formula is C22H27BrFN5O3. The summed E-state index contributed by atoms with van der Waals surface area (Å²) in [6.45, 7) is 5.42. The summed E-state index contributed by atoms with van der Waals surface area (Å²) in [4.78, 5) is 20.3. The standard InChI is InChI=1S/C22H27BrFN5O3/c1-22(2,3)32-21(31)29-13-6-8-16(29)19(24)17(10-13)28(4)20-25-11-15(26-27-20)14-7-5-12(23)9-18(14)30/h5,7,9,11,13,16-17,19,30H,6,8,10H2,1-4H3/t13?,16?,17-,19+/m1/s1. The van der Waals surface area contributed by atoms with Crippen molar-refractivity contribution >= 4 is 28.0 Å². The molecule has 172 valence electrons. The second-order valence-corrected chi connectivity index (χ2v) is 10.3. The van der Waals surface area contributed by atoms with Crippen molar-refractivity contribution in [3.8, 4) is 17.0 Å². The van der Waals surface area contributed by atoms with E-state index in [0.717, 1.165) is 10.9 Å². The lowest BCUT2D eigenvalue weighted by molar-refractivity contribution is -0.0104. The molecule has 2 aliphatic rings. The lowest BCUT2D eigenvalue weighted by Crippen LogP contribution is -2.59. The van der Waals surface area contributed by atoms with Gasteiger partial charge < -0.3 is 14.7 Å². The highest BCUT2D eigenvalue weighted by Crippen LogP contribution is 2.40. The van der Waals surface area contributed by atoms with Crippen molar-refractivity contribution in [1.82, 2.24) is 20.1 Å². The van der Waals surface area contributed by atoms with Crippen molar-refractivity contribution < 1.29 is 19.0 Å². The number of halogens is 2. The highest BCUT2D eigenvalue weighted by Gasteiger charge is 2.52. The minimum atomic E-state index is -1.26. The summed E-state index contributed by atoms with van der Waals surface area (Å²) in [5.41, 5.74) is 0.304. The van der Waals surface area contributed by atoms with Gasteiger partial charge in [0.2, 0.25) is 5.95 Å². The van der Waals surface area contributed by atoms with Crippen LogP contribution < -0.4 is 4.90 Å². The molecule has 2 aliphatic heterocycles. The number of alkyl halides is 1. The minimum Gasteiger partial charge on any atom is -0.507 e. The van der Waals surface area contributed by atoms with Gasteiger partial charge in [-0.3, -0.25) is 4.90 Å². The molecule has 8 nitrogen and oxygen atoms in total. The predicted molar refractivity (Wildman–Crippen MR) is 121 cm³/mol. The van der Waals surface area contributed by atoms with Crippen LogP contribution in [0.2, 0.25) is 0 Å². The number of hydrogen-bond donors (Lipinski definition) is 1. The number of amides is 1. The minimum absolute atomic E-state index is 0.0616. The van der Waals surface area contributed by atoms with E-state index in [1.54, 1.807) is 35.0 Å². The van der Waals surface area contributed by atoms with Crippen molar-refractivity contribution in [2.75, 3.05) is 11.9 Å². The van der Waals surface area contributed by atoms with Crippen molar-refractivity contribution in [2.24, 2.45) is 0 Å². The van der Waals surface area contributed by atoms with Crippen molar-refractivity contribution in [2.45, 2.75) is 69.9 Å². The first-order valence-corrected chi connectivity index (χ1v) is 11.4. The third-order valence-electron chi connectivity index (χ3n) is 6.00. The van der Waals surface area contributed by atoms with Gasteiger partial charge >= 0.3 is 6.09 Å². The number of benzene rings is 1. The van der Waals surface area contributed by atoms with Crippen LogP contribution in [0.3, 0.4) is 0 Å². The summed E-state index contributed by atoms with van der Waals surface area (Å²) in [6, 6.07) is 4.00. The Balaban J connectivity index is 1.50. The van der Waals surface area contributed by atoms with E-state index in [-0.39, 0.29) is 11.8 Å². The Morgan fingerprint density at radius 1 is 1.31 bits per heavy atom. The smallest absolute Gasteiger partial charge is 0.410 e. The monoisotopic (exact) mass is 507 g/mol. The molecular weight excluding hydrogens is 481 g/mol. The second kappa shape index (κ2) is 8.46. The molecule has 32 heavy (non-hydrogen) atoms. The topological polar surface area (TPSA) is 91.7 Å². The molecule has 2 saturated heterocycles. The third kappa shape index (κ3) is 4.37. The van der Waals surface area contributed by atoms with Gasteiger partial charge in [0.25, 0.3) is 0 Å². The molecule has 0 radical (unpaired) electrons.